The first-order chi connectivity index (χ1) is 8.83. The van der Waals surface area contributed by atoms with E-state index in [2.05, 4.69) is 0 Å². The number of β-amino-alcohol motifs (C(OH)–C–C–N with tert-alkyl or cyclic N) is 1. The zero-order chi connectivity index (χ0) is 13.8. The van der Waals surface area contributed by atoms with Crippen molar-refractivity contribution in [1.82, 2.24) is 4.31 Å². The van der Waals surface area contributed by atoms with Crippen LogP contribution >= 0.6 is 11.6 Å². The third-order valence-corrected chi connectivity index (χ3v) is 6.18. The number of benzene rings is 1. The summed E-state index contributed by atoms with van der Waals surface area (Å²) in [6, 6.07) is 4.75. The fraction of sp³-hybridized carbons (Fsp3) is 0.538. The maximum atomic E-state index is 12.4. The minimum Gasteiger partial charge on any atom is -0.387 e. The van der Waals surface area contributed by atoms with E-state index in [-0.39, 0.29) is 23.9 Å². The van der Waals surface area contributed by atoms with Crippen molar-refractivity contribution in [1.29, 1.82) is 0 Å². The van der Waals surface area contributed by atoms with E-state index < -0.39 is 15.6 Å². The van der Waals surface area contributed by atoms with Crippen molar-refractivity contribution in [3.63, 3.8) is 0 Å². The zero-order valence-electron chi connectivity index (χ0n) is 10.6. The SMILES string of the molecule is Cc1cc(Cl)ccc1S(=O)(=O)N1CC(O)(C2CC2)C1. The molecule has 19 heavy (non-hydrogen) atoms. The molecule has 1 aliphatic heterocycles. The Morgan fingerprint density at radius 1 is 1.37 bits per heavy atom. The van der Waals surface area contributed by atoms with Crippen LogP contribution in [0, 0.1) is 12.8 Å². The summed E-state index contributed by atoms with van der Waals surface area (Å²) >= 11 is 5.84. The first-order valence-corrected chi connectivity index (χ1v) is 8.13. The molecule has 1 N–H and O–H groups in total. The molecule has 2 aliphatic rings. The second kappa shape index (κ2) is 4.19. The molecule has 1 saturated heterocycles. The minimum atomic E-state index is -3.51. The Bertz CT molecular complexity index is 619. The summed E-state index contributed by atoms with van der Waals surface area (Å²) in [6.45, 7) is 2.15. The Hall–Kier alpha value is -0.620. The molecule has 0 aromatic heterocycles. The summed E-state index contributed by atoms with van der Waals surface area (Å²) in [5.74, 6) is 0.283. The van der Waals surface area contributed by atoms with E-state index in [9.17, 15) is 13.5 Å². The van der Waals surface area contributed by atoms with Crippen molar-refractivity contribution in [3.8, 4) is 0 Å². The van der Waals surface area contributed by atoms with Gasteiger partial charge < -0.3 is 5.11 Å². The van der Waals surface area contributed by atoms with Gasteiger partial charge in [-0.05, 0) is 49.4 Å². The molecule has 1 aromatic rings. The summed E-state index contributed by atoms with van der Waals surface area (Å²) in [5, 5.41) is 10.7. The molecule has 2 fully saturated rings. The van der Waals surface area contributed by atoms with E-state index in [1.807, 2.05) is 0 Å². The molecule has 0 unspecified atom stereocenters. The monoisotopic (exact) mass is 301 g/mol. The van der Waals surface area contributed by atoms with Crippen molar-refractivity contribution < 1.29 is 13.5 Å². The number of nitrogens with zero attached hydrogens (tertiary/aromatic N) is 1. The fourth-order valence-electron chi connectivity index (χ4n) is 2.65. The van der Waals surface area contributed by atoms with E-state index in [0.29, 0.717) is 10.6 Å². The van der Waals surface area contributed by atoms with Gasteiger partial charge in [0.1, 0.15) is 0 Å². The zero-order valence-corrected chi connectivity index (χ0v) is 12.2. The van der Waals surface area contributed by atoms with E-state index in [0.717, 1.165) is 12.8 Å². The molecular weight excluding hydrogens is 286 g/mol. The van der Waals surface area contributed by atoms with E-state index in [1.54, 1.807) is 19.1 Å². The molecule has 0 amide bonds. The molecule has 104 valence electrons. The van der Waals surface area contributed by atoms with Crippen molar-refractivity contribution in [2.45, 2.75) is 30.3 Å². The van der Waals surface area contributed by atoms with Crippen LogP contribution in [0.5, 0.6) is 0 Å². The van der Waals surface area contributed by atoms with Gasteiger partial charge in [0.05, 0.1) is 10.5 Å². The Balaban J connectivity index is 1.84. The number of rotatable bonds is 3. The van der Waals surface area contributed by atoms with Crippen LogP contribution in [-0.4, -0.2) is 36.5 Å². The van der Waals surface area contributed by atoms with Gasteiger partial charge in [0.15, 0.2) is 0 Å². The molecule has 0 atom stereocenters. The number of sulfonamides is 1. The summed E-state index contributed by atoms with van der Waals surface area (Å²) in [5.41, 5.74) is -0.165. The van der Waals surface area contributed by atoms with Crippen molar-refractivity contribution in [2.75, 3.05) is 13.1 Å². The maximum Gasteiger partial charge on any atom is 0.243 e. The smallest absolute Gasteiger partial charge is 0.243 e. The Morgan fingerprint density at radius 3 is 2.53 bits per heavy atom. The molecule has 1 heterocycles. The van der Waals surface area contributed by atoms with Crippen LogP contribution in [0.2, 0.25) is 5.02 Å². The molecule has 1 saturated carbocycles. The van der Waals surface area contributed by atoms with Gasteiger partial charge in [-0.25, -0.2) is 8.42 Å². The summed E-state index contributed by atoms with van der Waals surface area (Å²) < 4.78 is 26.2. The minimum absolute atomic E-state index is 0.210. The molecule has 1 aliphatic carbocycles. The third-order valence-electron chi connectivity index (χ3n) is 3.99. The maximum absolute atomic E-state index is 12.4. The normalized spacial score (nSPS) is 23.1. The van der Waals surface area contributed by atoms with Gasteiger partial charge in [-0.1, -0.05) is 11.6 Å². The second-order valence-electron chi connectivity index (χ2n) is 5.56. The average Bonchev–Trinajstić information content (AvgIpc) is 3.07. The topological polar surface area (TPSA) is 57.6 Å². The van der Waals surface area contributed by atoms with Crippen molar-refractivity contribution in [3.05, 3.63) is 28.8 Å². The van der Waals surface area contributed by atoms with Crippen molar-refractivity contribution >= 4 is 21.6 Å². The number of aryl methyl sites for hydroxylation is 1. The summed E-state index contributed by atoms with van der Waals surface area (Å²) in [7, 11) is -3.51. The molecule has 0 spiro atoms. The highest BCUT2D eigenvalue weighted by atomic mass is 35.5. The molecule has 0 radical (unpaired) electrons. The number of aliphatic hydroxyl groups is 1. The molecular formula is C13H16ClNO3S. The predicted octanol–water partition coefficient (Wildman–Crippen LogP) is 1.79. The molecule has 4 nitrogen and oxygen atoms in total. The van der Waals surface area contributed by atoms with Crippen LogP contribution < -0.4 is 0 Å². The fourth-order valence-corrected chi connectivity index (χ4v) is 4.65. The molecule has 3 rings (SSSR count). The number of hydrogen-bond acceptors (Lipinski definition) is 3. The Kier molecular flexibility index (Phi) is 2.94. The second-order valence-corrected chi connectivity index (χ2v) is 7.90. The first kappa shape index (κ1) is 13.4. The predicted molar refractivity (Wildman–Crippen MR) is 72.6 cm³/mol. The van der Waals surface area contributed by atoms with Crippen LogP contribution in [0.25, 0.3) is 0 Å². The molecule has 0 bridgehead atoms. The lowest BCUT2D eigenvalue weighted by Crippen LogP contribution is -2.64. The number of halogens is 1. The van der Waals surface area contributed by atoms with Crippen LogP contribution in [0.1, 0.15) is 18.4 Å². The highest BCUT2D eigenvalue weighted by molar-refractivity contribution is 7.89. The largest absolute Gasteiger partial charge is 0.387 e. The first-order valence-electron chi connectivity index (χ1n) is 6.32. The summed E-state index contributed by atoms with van der Waals surface area (Å²) in [6.07, 6.45) is 2.01. The Labute approximate surface area is 118 Å². The lowest BCUT2D eigenvalue weighted by Gasteiger charge is -2.45. The standard InChI is InChI=1S/C13H16ClNO3S/c1-9-6-11(14)4-5-12(9)19(17,18)15-7-13(16,8-15)10-2-3-10/h4-6,10,16H,2-3,7-8H2,1H3. The van der Waals surface area contributed by atoms with E-state index in [4.69, 9.17) is 11.6 Å². The lowest BCUT2D eigenvalue weighted by molar-refractivity contribution is -0.0764. The quantitative estimate of drug-likeness (QED) is 0.926. The molecule has 1 aromatic carbocycles. The van der Waals surface area contributed by atoms with Gasteiger partial charge in [-0.15, -0.1) is 0 Å². The summed E-state index contributed by atoms with van der Waals surface area (Å²) in [4.78, 5) is 0.273. The van der Waals surface area contributed by atoms with E-state index >= 15 is 0 Å². The van der Waals surface area contributed by atoms with E-state index in [1.165, 1.54) is 10.4 Å². The third kappa shape index (κ3) is 2.18. The molecule has 6 heteroatoms. The van der Waals surface area contributed by atoms with Gasteiger partial charge in [-0.2, -0.15) is 4.31 Å². The van der Waals surface area contributed by atoms with Gasteiger partial charge in [0.25, 0.3) is 0 Å². The Morgan fingerprint density at radius 2 is 2.00 bits per heavy atom. The highest BCUT2D eigenvalue weighted by Gasteiger charge is 2.55. The van der Waals surface area contributed by atoms with Crippen LogP contribution in [-0.2, 0) is 10.0 Å². The highest BCUT2D eigenvalue weighted by Crippen LogP contribution is 2.46. The van der Waals surface area contributed by atoms with Crippen LogP contribution in [0.15, 0.2) is 23.1 Å². The lowest BCUT2D eigenvalue weighted by atomic mass is 9.91. The average molecular weight is 302 g/mol. The van der Waals surface area contributed by atoms with Gasteiger partial charge >= 0.3 is 0 Å². The van der Waals surface area contributed by atoms with Gasteiger partial charge in [0, 0.05) is 18.1 Å². The van der Waals surface area contributed by atoms with Gasteiger partial charge in [0.2, 0.25) is 10.0 Å². The number of hydrogen-bond donors (Lipinski definition) is 1. The van der Waals surface area contributed by atoms with Crippen LogP contribution in [0.4, 0.5) is 0 Å². The van der Waals surface area contributed by atoms with Crippen molar-refractivity contribution in [2.24, 2.45) is 5.92 Å². The van der Waals surface area contributed by atoms with Gasteiger partial charge in [-0.3, -0.25) is 0 Å². The van der Waals surface area contributed by atoms with Crippen LogP contribution in [0.3, 0.4) is 0 Å².